The van der Waals surface area contributed by atoms with Gasteiger partial charge in [0.1, 0.15) is 0 Å². The number of nitrogens with zero attached hydrogens (tertiary/aromatic N) is 3. The molecule has 1 fully saturated rings. The fourth-order valence-electron chi connectivity index (χ4n) is 0.969. The SMILES string of the molecule is Cn1nnc(Br)c1CC1CO1. The monoisotopic (exact) mass is 217 g/mol. The van der Waals surface area contributed by atoms with Gasteiger partial charge in [-0.15, -0.1) is 5.10 Å². The Bertz CT molecular complexity index is 249. The minimum absolute atomic E-state index is 0.392. The maximum atomic E-state index is 5.10. The van der Waals surface area contributed by atoms with Crippen molar-refractivity contribution in [2.45, 2.75) is 12.5 Å². The van der Waals surface area contributed by atoms with E-state index in [0.29, 0.717) is 6.10 Å². The van der Waals surface area contributed by atoms with Gasteiger partial charge in [0.2, 0.25) is 0 Å². The zero-order chi connectivity index (χ0) is 7.84. The van der Waals surface area contributed by atoms with E-state index in [-0.39, 0.29) is 0 Å². The molecule has 0 bridgehead atoms. The van der Waals surface area contributed by atoms with Crippen molar-refractivity contribution in [1.29, 1.82) is 0 Å². The molecular formula is C6H8BrN3O. The minimum atomic E-state index is 0.392. The average Bonchev–Trinajstić information content (AvgIpc) is 2.73. The van der Waals surface area contributed by atoms with Crippen molar-refractivity contribution in [2.24, 2.45) is 7.05 Å². The molecule has 0 N–H and O–H groups in total. The molecule has 4 nitrogen and oxygen atoms in total. The van der Waals surface area contributed by atoms with Gasteiger partial charge in [0.15, 0.2) is 4.60 Å². The van der Waals surface area contributed by atoms with Crippen molar-refractivity contribution in [2.75, 3.05) is 6.61 Å². The van der Waals surface area contributed by atoms with E-state index >= 15 is 0 Å². The third-order valence-corrected chi connectivity index (χ3v) is 2.34. The van der Waals surface area contributed by atoms with Crippen LogP contribution in [0.25, 0.3) is 0 Å². The van der Waals surface area contributed by atoms with E-state index in [1.54, 1.807) is 4.68 Å². The number of halogens is 1. The maximum Gasteiger partial charge on any atom is 0.151 e. The summed E-state index contributed by atoms with van der Waals surface area (Å²) in [6, 6.07) is 0. The Morgan fingerprint density at radius 2 is 2.55 bits per heavy atom. The predicted octanol–water partition coefficient (Wildman–Crippen LogP) is 0.519. The Kier molecular flexibility index (Phi) is 1.69. The topological polar surface area (TPSA) is 43.2 Å². The van der Waals surface area contributed by atoms with Crippen molar-refractivity contribution in [3.8, 4) is 0 Å². The lowest BCUT2D eigenvalue weighted by atomic mass is 10.3. The molecule has 1 aromatic rings. The Labute approximate surface area is 72.7 Å². The van der Waals surface area contributed by atoms with Gasteiger partial charge >= 0.3 is 0 Å². The standard InChI is InChI=1S/C6H8BrN3O/c1-10-5(2-4-3-11-4)6(7)8-9-10/h4H,2-3H2,1H3. The summed E-state index contributed by atoms with van der Waals surface area (Å²) in [6.45, 7) is 0.873. The van der Waals surface area contributed by atoms with Crippen LogP contribution in [0.3, 0.4) is 0 Å². The summed E-state index contributed by atoms with van der Waals surface area (Å²) in [7, 11) is 1.88. The Hall–Kier alpha value is -0.420. The molecule has 1 aromatic heterocycles. The molecule has 2 rings (SSSR count). The van der Waals surface area contributed by atoms with Crippen LogP contribution in [0.5, 0.6) is 0 Å². The number of hydrogen-bond donors (Lipinski definition) is 0. The van der Waals surface area contributed by atoms with Crippen LogP contribution in [-0.2, 0) is 18.2 Å². The molecule has 0 aliphatic carbocycles. The van der Waals surface area contributed by atoms with Crippen LogP contribution in [0, 0.1) is 0 Å². The molecule has 0 amide bonds. The van der Waals surface area contributed by atoms with Crippen LogP contribution in [0.2, 0.25) is 0 Å². The van der Waals surface area contributed by atoms with Gasteiger partial charge in [-0.3, -0.25) is 4.68 Å². The highest BCUT2D eigenvalue weighted by atomic mass is 79.9. The lowest BCUT2D eigenvalue weighted by molar-refractivity contribution is 0.403. The Balaban J connectivity index is 2.19. The fraction of sp³-hybridized carbons (Fsp3) is 0.667. The first-order valence-corrected chi connectivity index (χ1v) is 4.22. The maximum absolute atomic E-state index is 5.10. The van der Waals surface area contributed by atoms with Gasteiger partial charge < -0.3 is 4.74 Å². The smallest absolute Gasteiger partial charge is 0.151 e. The number of ether oxygens (including phenoxy) is 1. The molecule has 0 saturated carbocycles. The van der Waals surface area contributed by atoms with Gasteiger partial charge in [-0.1, -0.05) is 5.21 Å². The van der Waals surface area contributed by atoms with E-state index in [2.05, 4.69) is 26.2 Å². The quantitative estimate of drug-likeness (QED) is 0.679. The first kappa shape index (κ1) is 7.24. The largest absolute Gasteiger partial charge is 0.373 e. The van der Waals surface area contributed by atoms with Crippen LogP contribution >= 0.6 is 15.9 Å². The summed E-state index contributed by atoms with van der Waals surface area (Å²) in [4.78, 5) is 0. The third-order valence-electron chi connectivity index (χ3n) is 1.72. The fourth-order valence-corrected chi connectivity index (χ4v) is 1.46. The van der Waals surface area contributed by atoms with Gasteiger partial charge in [0.25, 0.3) is 0 Å². The number of rotatable bonds is 2. The molecule has 0 radical (unpaired) electrons. The molecule has 1 aliphatic heterocycles. The molecule has 2 heterocycles. The highest BCUT2D eigenvalue weighted by Gasteiger charge is 2.25. The minimum Gasteiger partial charge on any atom is -0.373 e. The first-order chi connectivity index (χ1) is 5.27. The molecule has 0 aromatic carbocycles. The predicted molar refractivity (Wildman–Crippen MR) is 42.1 cm³/mol. The van der Waals surface area contributed by atoms with E-state index in [4.69, 9.17) is 4.74 Å². The van der Waals surface area contributed by atoms with Gasteiger partial charge in [-0.25, -0.2) is 0 Å². The molecule has 1 atom stereocenters. The number of hydrogen-bond acceptors (Lipinski definition) is 3. The number of epoxide rings is 1. The van der Waals surface area contributed by atoms with Crippen LogP contribution in [0.4, 0.5) is 0 Å². The van der Waals surface area contributed by atoms with E-state index < -0.39 is 0 Å². The third kappa shape index (κ3) is 1.44. The molecule has 60 valence electrons. The second kappa shape index (κ2) is 2.57. The molecule has 0 spiro atoms. The summed E-state index contributed by atoms with van der Waals surface area (Å²) in [5.41, 5.74) is 1.10. The van der Waals surface area contributed by atoms with Gasteiger partial charge in [-0.2, -0.15) is 0 Å². The summed E-state index contributed by atoms with van der Waals surface area (Å²) < 4.78 is 7.70. The normalized spacial score (nSPS) is 22.2. The lowest BCUT2D eigenvalue weighted by Gasteiger charge is -1.96. The van der Waals surface area contributed by atoms with E-state index in [1.807, 2.05) is 7.05 Å². The number of aromatic nitrogens is 3. The Morgan fingerprint density at radius 3 is 3.00 bits per heavy atom. The number of aryl methyl sites for hydroxylation is 1. The molecule has 1 aliphatic rings. The first-order valence-electron chi connectivity index (χ1n) is 3.43. The summed E-state index contributed by atoms with van der Waals surface area (Å²) in [5.74, 6) is 0. The summed E-state index contributed by atoms with van der Waals surface area (Å²) in [6.07, 6.45) is 1.30. The highest BCUT2D eigenvalue weighted by Crippen LogP contribution is 2.20. The van der Waals surface area contributed by atoms with Gasteiger partial charge in [0.05, 0.1) is 18.4 Å². The van der Waals surface area contributed by atoms with Crippen LogP contribution in [0.1, 0.15) is 5.69 Å². The van der Waals surface area contributed by atoms with Gasteiger partial charge in [-0.05, 0) is 15.9 Å². The average molecular weight is 218 g/mol. The van der Waals surface area contributed by atoms with Crippen molar-refractivity contribution >= 4 is 15.9 Å². The zero-order valence-electron chi connectivity index (χ0n) is 6.12. The van der Waals surface area contributed by atoms with Crippen molar-refractivity contribution in [3.63, 3.8) is 0 Å². The molecule has 1 unspecified atom stereocenters. The zero-order valence-corrected chi connectivity index (χ0v) is 7.71. The summed E-state index contributed by atoms with van der Waals surface area (Å²) >= 11 is 3.32. The molecule has 1 saturated heterocycles. The summed E-state index contributed by atoms with van der Waals surface area (Å²) in [5, 5.41) is 7.73. The molecule has 11 heavy (non-hydrogen) atoms. The second-order valence-electron chi connectivity index (χ2n) is 2.61. The lowest BCUT2D eigenvalue weighted by Crippen LogP contribution is -2.02. The van der Waals surface area contributed by atoms with Crippen LogP contribution in [0.15, 0.2) is 4.60 Å². The van der Waals surface area contributed by atoms with E-state index in [1.165, 1.54) is 0 Å². The van der Waals surface area contributed by atoms with Gasteiger partial charge in [0, 0.05) is 13.5 Å². The molecule has 5 heteroatoms. The second-order valence-corrected chi connectivity index (χ2v) is 3.36. The Morgan fingerprint density at radius 1 is 1.82 bits per heavy atom. The van der Waals surface area contributed by atoms with Crippen LogP contribution < -0.4 is 0 Å². The van der Waals surface area contributed by atoms with Crippen molar-refractivity contribution in [3.05, 3.63) is 10.3 Å². The van der Waals surface area contributed by atoms with Crippen LogP contribution in [-0.4, -0.2) is 27.7 Å². The highest BCUT2D eigenvalue weighted by molar-refractivity contribution is 9.10. The van der Waals surface area contributed by atoms with Crippen molar-refractivity contribution in [1.82, 2.24) is 15.0 Å². The molecular weight excluding hydrogens is 210 g/mol. The van der Waals surface area contributed by atoms with E-state index in [0.717, 1.165) is 23.3 Å². The van der Waals surface area contributed by atoms with E-state index in [9.17, 15) is 0 Å². The van der Waals surface area contributed by atoms with Crippen molar-refractivity contribution < 1.29 is 4.74 Å².